The summed E-state index contributed by atoms with van der Waals surface area (Å²) in [4.78, 5) is 0. The monoisotopic (exact) mass is 206 g/mol. The zero-order valence-corrected chi connectivity index (χ0v) is 8.93. The van der Waals surface area contributed by atoms with Crippen molar-refractivity contribution in [1.29, 1.82) is 0 Å². The van der Waals surface area contributed by atoms with Crippen LogP contribution in [0.5, 0.6) is 0 Å². The molecule has 1 aromatic carbocycles. The van der Waals surface area contributed by atoms with Gasteiger partial charge in [0.05, 0.1) is 12.2 Å². The number of rotatable bonds is 3. The Labute approximate surface area is 90.9 Å². The molecule has 1 aliphatic heterocycles. The number of hydrogen-bond acceptors (Lipinski definition) is 2. The van der Waals surface area contributed by atoms with E-state index < -0.39 is 0 Å². The summed E-state index contributed by atoms with van der Waals surface area (Å²) in [5.74, 6) is 0. The first-order valence-corrected chi connectivity index (χ1v) is 5.68. The lowest BCUT2D eigenvalue weighted by molar-refractivity contribution is -0.0459. The second-order valence-electron chi connectivity index (χ2n) is 4.20. The molecule has 0 aliphatic carbocycles. The Morgan fingerprint density at radius 1 is 1.27 bits per heavy atom. The van der Waals surface area contributed by atoms with Gasteiger partial charge in [-0.1, -0.05) is 30.3 Å². The van der Waals surface area contributed by atoms with Crippen LogP contribution in [0.15, 0.2) is 30.3 Å². The lowest BCUT2D eigenvalue weighted by Gasteiger charge is -2.26. The molecule has 0 aromatic heterocycles. The summed E-state index contributed by atoms with van der Waals surface area (Å²) in [7, 11) is 0. The summed E-state index contributed by atoms with van der Waals surface area (Å²) in [5.41, 5.74) is 1.35. The van der Waals surface area contributed by atoms with Crippen LogP contribution in [-0.4, -0.2) is 23.9 Å². The first-order valence-electron chi connectivity index (χ1n) is 5.68. The van der Waals surface area contributed by atoms with Crippen LogP contribution in [-0.2, 0) is 11.2 Å². The number of aliphatic hydroxyl groups is 1. The third kappa shape index (κ3) is 3.33. The van der Waals surface area contributed by atoms with Gasteiger partial charge in [0.1, 0.15) is 0 Å². The molecule has 0 saturated carbocycles. The van der Waals surface area contributed by atoms with E-state index in [0.29, 0.717) is 6.61 Å². The van der Waals surface area contributed by atoms with E-state index in [9.17, 15) is 5.11 Å². The Balaban J connectivity index is 1.78. The number of benzene rings is 1. The largest absolute Gasteiger partial charge is 0.393 e. The molecule has 0 spiro atoms. The van der Waals surface area contributed by atoms with Gasteiger partial charge in [0, 0.05) is 6.61 Å². The van der Waals surface area contributed by atoms with Gasteiger partial charge >= 0.3 is 0 Å². The number of hydrogen-bond donors (Lipinski definition) is 1. The maximum absolute atomic E-state index is 9.50. The van der Waals surface area contributed by atoms with Gasteiger partial charge in [-0.05, 0) is 31.2 Å². The van der Waals surface area contributed by atoms with Crippen molar-refractivity contribution >= 4 is 0 Å². The van der Waals surface area contributed by atoms with Gasteiger partial charge < -0.3 is 9.84 Å². The second kappa shape index (κ2) is 5.29. The number of ether oxygens (including phenoxy) is 1. The SMILES string of the molecule is O[C@H]1CCO[C@H](CCc2ccccc2)C1. The average Bonchev–Trinajstić information content (AvgIpc) is 2.28. The van der Waals surface area contributed by atoms with Crippen LogP contribution >= 0.6 is 0 Å². The molecule has 1 saturated heterocycles. The minimum atomic E-state index is -0.153. The summed E-state index contributed by atoms with van der Waals surface area (Å²) in [6.45, 7) is 0.709. The van der Waals surface area contributed by atoms with Crippen molar-refractivity contribution < 1.29 is 9.84 Å². The molecule has 1 N–H and O–H groups in total. The second-order valence-corrected chi connectivity index (χ2v) is 4.20. The summed E-state index contributed by atoms with van der Waals surface area (Å²) < 4.78 is 5.61. The molecular formula is C13H18O2. The predicted octanol–water partition coefficient (Wildman–Crippen LogP) is 2.16. The van der Waals surface area contributed by atoms with E-state index >= 15 is 0 Å². The van der Waals surface area contributed by atoms with Crippen LogP contribution in [0.25, 0.3) is 0 Å². The topological polar surface area (TPSA) is 29.5 Å². The van der Waals surface area contributed by atoms with Crippen LogP contribution in [0, 0.1) is 0 Å². The standard InChI is InChI=1S/C13H18O2/c14-12-8-9-15-13(10-12)7-6-11-4-2-1-3-5-11/h1-5,12-14H,6-10H2/t12-,13+/m0/s1. The molecule has 1 aromatic rings. The maximum Gasteiger partial charge on any atom is 0.0603 e. The lowest BCUT2D eigenvalue weighted by Crippen LogP contribution is -2.29. The molecule has 0 unspecified atom stereocenters. The predicted molar refractivity (Wildman–Crippen MR) is 59.7 cm³/mol. The van der Waals surface area contributed by atoms with Gasteiger partial charge in [-0.25, -0.2) is 0 Å². The number of aryl methyl sites for hydroxylation is 1. The van der Waals surface area contributed by atoms with E-state index in [4.69, 9.17) is 4.74 Å². The van der Waals surface area contributed by atoms with E-state index in [1.807, 2.05) is 6.07 Å². The van der Waals surface area contributed by atoms with Crippen molar-refractivity contribution in [2.45, 2.75) is 37.9 Å². The summed E-state index contributed by atoms with van der Waals surface area (Å²) >= 11 is 0. The van der Waals surface area contributed by atoms with Gasteiger partial charge in [-0.2, -0.15) is 0 Å². The molecule has 1 fully saturated rings. The van der Waals surface area contributed by atoms with Gasteiger partial charge in [0.2, 0.25) is 0 Å². The molecular weight excluding hydrogens is 188 g/mol. The minimum Gasteiger partial charge on any atom is -0.393 e. The quantitative estimate of drug-likeness (QED) is 0.821. The van der Waals surface area contributed by atoms with Crippen molar-refractivity contribution in [2.75, 3.05) is 6.61 Å². The molecule has 0 amide bonds. The van der Waals surface area contributed by atoms with E-state index in [-0.39, 0.29) is 12.2 Å². The normalized spacial score (nSPS) is 26.5. The third-order valence-corrected chi connectivity index (χ3v) is 2.94. The molecule has 1 heterocycles. The summed E-state index contributed by atoms with van der Waals surface area (Å²) in [6.07, 6.45) is 3.74. The molecule has 0 bridgehead atoms. The van der Waals surface area contributed by atoms with Crippen molar-refractivity contribution in [3.05, 3.63) is 35.9 Å². The van der Waals surface area contributed by atoms with E-state index in [2.05, 4.69) is 24.3 Å². The van der Waals surface area contributed by atoms with Gasteiger partial charge in [0.15, 0.2) is 0 Å². The van der Waals surface area contributed by atoms with Gasteiger partial charge in [-0.3, -0.25) is 0 Å². The van der Waals surface area contributed by atoms with Gasteiger partial charge in [-0.15, -0.1) is 0 Å². The molecule has 82 valence electrons. The molecule has 2 rings (SSSR count). The average molecular weight is 206 g/mol. The Morgan fingerprint density at radius 3 is 2.80 bits per heavy atom. The summed E-state index contributed by atoms with van der Waals surface area (Å²) in [6, 6.07) is 10.4. The zero-order chi connectivity index (χ0) is 10.5. The fourth-order valence-electron chi connectivity index (χ4n) is 2.03. The Bertz CT molecular complexity index is 284. The molecule has 2 atom stereocenters. The molecule has 2 heteroatoms. The molecule has 15 heavy (non-hydrogen) atoms. The van der Waals surface area contributed by atoms with Crippen molar-refractivity contribution in [3.63, 3.8) is 0 Å². The van der Waals surface area contributed by atoms with E-state index in [1.54, 1.807) is 0 Å². The van der Waals surface area contributed by atoms with Crippen molar-refractivity contribution in [2.24, 2.45) is 0 Å². The van der Waals surface area contributed by atoms with Crippen LogP contribution in [0.2, 0.25) is 0 Å². The third-order valence-electron chi connectivity index (χ3n) is 2.94. The highest BCUT2D eigenvalue weighted by atomic mass is 16.5. The Morgan fingerprint density at radius 2 is 2.07 bits per heavy atom. The van der Waals surface area contributed by atoms with Crippen LogP contribution in [0.4, 0.5) is 0 Å². The highest BCUT2D eigenvalue weighted by molar-refractivity contribution is 5.14. The zero-order valence-electron chi connectivity index (χ0n) is 8.93. The highest BCUT2D eigenvalue weighted by Crippen LogP contribution is 2.18. The van der Waals surface area contributed by atoms with Crippen molar-refractivity contribution in [1.82, 2.24) is 0 Å². The highest BCUT2D eigenvalue weighted by Gasteiger charge is 2.20. The number of aliphatic hydroxyl groups excluding tert-OH is 1. The first-order chi connectivity index (χ1) is 7.34. The smallest absolute Gasteiger partial charge is 0.0603 e. The lowest BCUT2D eigenvalue weighted by atomic mass is 10.00. The summed E-state index contributed by atoms with van der Waals surface area (Å²) in [5, 5.41) is 9.50. The first kappa shape index (κ1) is 10.7. The molecule has 0 radical (unpaired) electrons. The van der Waals surface area contributed by atoms with Crippen LogP contribution in [0.1, 0.15) is 24.8 Å². The van der Waals surface area contributed by atoms with Gasteiger partial charge in [0.25, 0.3) is 0 Å². The van der Waals surface area contributed by atoms with E-state index in [1.165, 1.54) is 5.56 Å². The molecule has 1 aliphatic rings. The maximum atomic E-state index is 9.50. The fourth-order valence-corrected chi connectivity index (χ4v) is 2.03. The molecule has 2 nitrogen and oxygen atoms in total. The van der Waals surface area contributed by atoms with Crippen LogP contribution in [0.3, 0.4) is 0 Å². The minimum absolute atomic E-state index is 0.153. The fraction of sp³-hybridized carbons (Fsp3) is 0.538. The van der Waals surface area contributed by atoms with Crippen LogP contribution < -0.4 is 0 Å². The van der Waals surface area contributed by atoms with Crippen molar-refractivity contribution in [3.8, 4) is 0 Å². The Kier molecular flexibility index (Phi) is 3.75. The Hall–Kier alpha value is -0.860. The van der Waals surface area contributed by atoms with E-state index in [0.717, 1.165) is 25.7 Å².